The van der Waals surface area contributed by atoms with E-state index in [1.54, 1.807) is 18.0 Å². The monoisotopic (exact) mass is 326 g/mol. The molecule has 1 aromatic carbocycles. The smallest absolute Gasteiger partial charge is 0.141 e. The molecular formula is C13H12BrFN2S. The van der Waals surface area contributed by atoms with E-state index < -0.39 is 0 Å². The lowest BCUT2D eigenvalue weighted by atomic mass is 10.1. The molecule has 0 bridgehead atoms. The Morgan fingerprint density at radius 3 is 2.89 bits per heavy atom. The van der Waals surface area contributed by atoms with E-state index in [0.717, 1.165) is 14.9 Å². The Hall–Kier alpha value is -0.910. The molecule has 94 valence electrons. The van der Waals surface area contributed by atoms with E-state index >= 15 is 0 Å². The third-order valence-electron chi connectivity index (χ3n) is 2.38. The second-order valence-corrected chi connectivity index (χ2v) is 5.82. The number of benzene rings is 1. The Kier molecular flexibility index (Phi) is 4.74. The summed E-state index contributed by atoms with van der Waals surface area (Å²) in [6, 6.07) is 9.20. The van der Waals surface area contributed by atoms with Crippen LogP contribution in [0.4, 0.5) is 4.39 Å². The maximum absolute atomic E-state index is 13.0. The Morgan fingerprint density at radius 1 is 1.33 bits per heavy atom. The van der Waals surface area contributed by atoms with Crippen LogP contribution < -0.4 is 5.73 Å². The standard InChI is InChI=1S/C13H12BrFN2S/c14-10-2-1-3-12(5-10)18-8-13(16)9-4-11(15)7-17-6-9/h1-7,13H,8,16H2. The van der Waals surface area contributed by atoms with Crippen molar-refractivity contribution in [2.24, 2.45) is 5.73 Å². The van der Waals surface area contributed by atoms with Crippen LogP contribution in [0.15, 0.2) is 52.1 Å². The number of rotatable bonds is 4. The number of pyridine rings is 1. The van der Waals surface area contributed by atoms with Crippen LogP contribution in [0.1, 0.15) is 11.6 Å². The predicted molar refractivity (Wildman–Crippen MR) is 76.0 cm³/mol. The molecule has 2 nitrogen and oxygen atoms in total. The Labute approximate surface area is 118 Å². The first kappa shape index (κ1) is 13.5. The lowest BCUT2D eigenvalue weighted by Gasteiger charge is -2.11. The zero-order valence-corrected chi connectivity index (χ0v) is 11.9. The van der Waals surface area contributed by atoms with Gasteiger partial charge in [0.05, 0.1) is 6.20 Å². The molecule has 1 unspecified atom stereocenters. The van der Waals surface area contributed by atoms with Crippen LogP contribution in [0, 0.1) is 5.82 Å². The number of aromatic nitrogens is 1. The summed E-state index contributed by atoms with van der Waals surface area (Å²) in [5.41, 5.74) is 6.73. The first-order valence-corrected chi connectivity index (χ1v) is 7.17. The topological polar surface area (TPSA) is 38.9 Å². The van der Waals surface area contributed by atoms with E-state index in [2.05, 4.69) is 20.9 Å². The molecule has 2 aromatic rings. The van der Waals surface area contributed by atoms with E-state index in [-0.39, 0.29) is 11.9 Å². The highest BCUT2D eigenvalue weighted by molar-refractivity contribution is 9.10. The lowest BCUT2D eigenvalue weighted by molar-refractivity contribution is 0.615. The van der Waals surface area contributed by atoms with Gasteiger partial charge in [-0.2, -0.15) is 0 Å². The summed E-state index contributed by atoms with van der Waals surface area (Å²) in [5.74, 6) is 0.331. The summed E-state index contributed by atoms with van der Waals surface area (Å²) in [6.45, 7) is 0. The summed E-state index contributed by atoms with van der Waals surface area (Å²) in [4.78, 5) is 4.93. The highest BCUT2D eigenvalue weighted by atomic mass is 79.9. The van der Waals surface area contributed by atoms with Crippen LogP contribution in [0.25, 0.3) is 0 Å². The van der Waals surface area contributed by atoms with E-state index in [4.69, 9.17) is 5.73 Å². The lowest BCUT2D eigenvalue weighted by Crippen LogP contribution is -2.13. The minimum absolute atomic E-state index is 0.225. The highest BCUT2D eigenvalue weighted by Crippen LogP contribution is 2.25. The molecule has 1 atom stereocenters. The Balaban J connectivity index is 1.98. The van der Waals surface area contributed by atoms with E-state index in [0.29, 0.717) is 5.75 Å². The molecule has 5 heteroatoms. The van der Waals surface area contributed by atoms with Crippen molar-refractivity contribution in [3.05, 3.63) is 58.6 Å². The van der Waals surface area contributed by atoms with Gasteiger partial charge in [-0.3, -0.25) is 4.98 Å². The number of nitrogens with zero attached hydrogens (tertiary/aromatic N) is 1. The molecule has 0 radical (unpaired) electrons. The van der Waals surface area contributed by atoms with Crippen molar-refractivity contribution in [2.75, 3.05) is 5.75 Å². The molecule has 0 spiro atoms. The number of hydrogen-bond acceptors (Lipinski definition) is 3. The maximum Gasteiger partial charge on any atom is 0.141 e. The molecular weight excluding hydrogens is 315 g/mol. The molecule has 2 rings (SSSR count). The van der Waals surface area contributed by atoms with Gasteiger partial charge < -0.3 is 5.73 Å². The van der Waals surface area contributed by atoms with Gasteiger partial charge in [-0.05, 0) is 29.8 Å². The van der Waals surface area contributed by atoms with Gasteiger partial charge in [-0.15, -0.1) is 11.8 Å². The Bertz CT molecular complexity index is 536. The maximum atomic E-state index is 13.0. The summed E-state index contributed by atoms with van der Waals surface area (Å²) < 4.78 is 14.0. The van der Waals surface area contributed by atoms with Crippen LogP contribution in [0.2, 0.25) is 0 Å². The molecule has 0 amide bonds. The minimum Gasteiger partial charge on any atom is -0.323 e. The SMILES string of the molecule is NC(CSc1cccc(Br)c1)c1cncc(F)c1. The number of thioether (sulfide) groups is 1. The van der Waals surface area contributed by atoms with Gasteiger partial charge >= 0.3 is 0 Å². The number of hydrogen-bond donors (Lipinski definition) is 1. The molecule has 0 fully saturated rings. The van der Waals surface area contributed by atoms with Crippen molar-refractivity contribution >= 4 is 27.7 Å². The molecule has 0 aliphatic heterocycles. The Morgan fingerprint density at radius 2 is 2.17 bits per heavy atom. The first-order valence-electron chi connectivity index (χ1n) is 5.39. The van der Waals surface area contributed by atoms with Crippen molar-refractivity contribution in [2.45, 2.75) is 10.9 Å². The van der Waals surface area contributed by atoms with Gasteiger partial charge in [0, 0.05) is 27.4 Å². The van der Waals surface area contributed by atoms with Gasteiger partial charge in [-0.1, -0.05) is 22.0 Å². The van der Waals surface area contributed by atoms with Crippen LogP contribution in [0.5, 0.6) is 0 Å². The second kappa shape index (κ2) is 6.31. The fourth-order valence-corrected chi connectivity index (χ4v) is 2.97. The van der Waals surface area contributed by atoms with Crippen molar-refractivity contribution in [1.29, 1.82) is 0 Å². The molecule has 0 saturated heterocycles. The van der Waals surface area contributed by atoms with Crippen LogP contribution in [-0.2, 0) is 0 Å². The predicted octanol–water partition coefficient (Wildman–Crippen LogP) is 3.78. The summed E-state index contributed by atoms with van der Waals surface area (Å²) in [6.07, 6.45) is 2.78. The van der Waals surface area contributed by atoms with Gasteiger partial charge in [0.1, 0.15) is 5.82 Å². The minimum atomic E-state index is -0.351. The van der Waals surface area contributed by atoms with Crippen molar-refractivity contribution in [3.8, 4) is 0 Å². The zero-order chi connectivity index (χ0) is 13.0. The third kappa shape index (κ3) is 3.80. The molecule has 1 heterocycles. The highest BCUT2D eigenvalue weighted by Gasteiger charge is 2.08. The average molecular weight is 327 g/mol. The summed E-state index contributed by atoms with van der Waals surface area (Å²) in [5, 5.41) is 0. The molecule has 0 aliphatic carbocycles. The first-order chi connectivity index (χ1) is 8.65. The fraction of sp³-hybridized carbons (Fsp3) is 0.154. The van der Waals surface area contributed by atoms with Gasteiger partial charge in [0.15, 0.2) is 0 Å². The van der Waals surface area contributed by atoms with Crippen molar-refractivity contribution in [3.63, 3.8) is 0 Å². The quantitative estimate of drug-likeness (QED) is 0.869. The van der Waals surface area contributed by atoms with Crippen molar-refractivity contribution < 1.29 is 4.39 Å². The van der Waals surface area contributed by atoms with Gasteiger partial charge in [0.2, 0.25) is 0 Å². The van der Waals surface area contributed by atoms with E-state index in [1.807, 2.05) is 24.3 Å². The fourth-order valence-electron chi connectivity index (χ4n) is 1.47. The molecule has 2 N–H and O–H groups in total. The molecule has 1 aromatic heterocycles. The average Bonchev–Trinajstić information content (AvgIpc) is 2.36. The summed E-state index contributed by atoms with van der Waals surface area (Å²) >= 11 is 5.06. The number of nitrogens with two attached hydrogens (primary N) is 1. The number of halogens is 2. The van der Waals surface area contributed by atoms with E-state index in [9.17, 15) is 4.39 Å². The summed E-state index contributed by atoms with van der Waals surface area (Å²) in [7, 11) is 0. The normalized spacial score (nSPS) is 12.4. The van der Waals surface area contributed by atoms with Gasteiger partial charge in [0.25, 0.3) is 0 Å². The third-order valence-corrected chi connectivity index (χ3v) is 3.99. The van der Waals surface area contributed by atoms with Crippen molar-refractivity contribution in [1.82, 2.24) is 4.98 Å². The molecule has 18 heavy (non-hydrogen) atoms. The second-order valence-electron chi connectivity index (χ2n) is 3.81. The zero-order valence-electron chi connectivity index (χ0n) is 9.51. The van der Waals surface area contributed by atoms with Crippen LogP contribution in [-0.4, -0.2) is 10.7 Å². The van der Waals surface area contributed by atoms with Crippen LogP contribution in [0.3, 0.4) is 0 Å². The van der Waals surface area contributed by atoms with Crippen LogP contribution >= 0.6 is 27.7 Å². The molecule has 0 aliphatic rings. The van der Waals surface area contributed by atoms with Gasteiger partial charge in [-0.25, -0.2) is 4.39 Å². The van der Waals surface area contributed by atoms with E-state index in [1.165, 1.54) is 12.3 Å². The molecule has 0 saturated carbocycles. The largest absolute Gasteiger partial charge is 0.323 e.